The summed E-state index contributed by atoms with van der Waals surface area (Å²) in [7, 11) is 0. The molecule has 1 unspecified atom stereocenters. The van der Waals surface area contributed by atoms with Crippen LogP contribution in [0.4, 0.5) is 10.2 Å². The molecule has 1 aliphatic heterocycles. The van der Waals surface area contributed by atoms with Gasteiger partial charge in [0.25, 0.3) is 0 Å². The van der Waals surface area contributed by atoms with E-state index < -0.39 is 31.0 Å². The molecule has 1 atom stereocenters. The zero-order valence-corrected chi connectivity index (χ0v) is 17.5. The average molecular weight is 454 g/mol. The monoisotopic (exact) mass is 453 g/mol. The summed E-state index contributed by atoms with van der Waals surface area (Å²) in [5.41, 5.74) is 7.56. The van der Waals surface area contributed by atoms with Gasteiger partial charge in [0.05, 0.1) is 17.3 Å². The van der Waals surface area contributed by atoms with Crippen LogP contribution >= 0.6 is 23.2 Å². The van der Waals surface area contributed by atoms with Crippen molar-refractivity contribution in [2.45, 2.75) is 31.9 Å². The zero-order valence-electron chi connectivity index (χ0n) is 20.0. The van der Waals surface area contributed by atoms with Gasteiger partial charge in [-0.05, 0) is 51.0 Å². The fourth-order valence-corrected chi connectivity index (χ4v) is 3.90. The molecule has 3 N–H and O–H groups in total. The summed E-state index contributed by atoms with van der Waals surface area (Å²) in [5.74, 6) is -0.259. The van der Waals surface area contributed by atoms with Crippen molar-refractivity contribution in [1.82, 2.24) is 20.1 Å². The molecule has 30 heavy (non-hydrogen) atoms. The fraction of sp³-hybridized carbons (Fsp3) is 0.333. The standard InChI is InChI=1S/C21H22Cl2FN5O/c1-12(19-16(22)2-3-17(24)20(19)23)30-18-8-13(9-27-21(18)25)14-10-28-29(11-14)15-4-6-26-7-5-15/h2-3,8-12,15,26H,4-7H2,1H3,(H2,25,27)/i6D2,7D2. The third-order valence-corrected chi connectivity index (χ3v) is 5.55. The highest BCUT2D eigenvalue weighted by molar-refractivity contribution is 6.36. The average Bonchev–Trinajstić information content (AvgIpc) is 3.21. The molecule has 9 heteroatoms. The predicted molar refractivity (Wildman–Crippen MR) is 116 cm³/mol. The molecule has 2 aromatic heterocycles. The first-order chi connectivity index (χ1) is 15.8. The fourth-order valence-electron chi connectivity index (χ4n) is 3.22. The molecule has 1 saturated heterocycles. The second kappa shape index (κ2) is 8.79. The number of ether oxygens (including phenoxy) is 1. The minimum absolute atomic E-state index is 0.0641. The third kappa shape index (κ3) is 4.24. The lowest BCUT2D eigenvalue weighted by Gasteiger charge is -2.22. The highest BCUT2D eigenvalue weighted by atomic mass is 35.5. The van der Waals surface area contributed by atoms with Gasteiger partial charge in [-0.15, -0.1) is 0 Å². The number of hydrogen-bond acceptors (Lipinski definition) is 5. The minimum atomic E-state index is -1.86. The molecule has 0 saturated carbocycles. The predicted octanol–water partition coefficient (Wildman–Crippen LogP) is 5.04. The number of benzene rings is 1. The Morgan fingerprint density at radius 2 is 2.07 bits per heavy atom. The van der Waals surface area contributed by atoms with Gasteiger partial charge < -0.3 is 15.8 Å². The maximum Gasteiger partial charge on any atom is 0.166 e. The van der Waals surface area contributed by atoms with Crippen molar-refractivity contribution in [3.63, 3.8) is 0 Å². The quantitative estimate of drug-likeness (QED) is 0.529. The largest absolute Gasteiger partial charge is 0.482 e. The van der Waals surface area contributed by atoms with Crippen LogP contribution < -0.4 is 15.8 Å². The summed E-state index contributed by atoms with van der Waals surface area (Å²) < 4.78 is 53.2. The molecule has 0 amide bonds. The molecule has 1 aliphatic rings. The van der Waals surface area contributed by atoms with Crippen LogP contribution in [0.2, 0.25) is 10.0 Å². The van der Waals surface area contributed by atoms with E-state index in [0.717, 1.165) is 0 Å². The van der Waals surface area contributed by atoms with Crippen LogP contribution in [0.15, 0.2) is 36.8 Å². The molecule has 0 bridgehead atoms. The molecule has 3 aromatic rings. The topological polar surface area (TPSA) is 78.0 Å². The Kier molecular flexibility index (Phi) is 4.80. The van der Waals surface area contributed by atoms with Gasteiger partial charge in [-0.1, -0.05) is 23.2 Å². The van der Waals surface area contributed by atoms with E-state index in [1.807, 2.05) is 0 Å². The number of anilines is 1. The number of nitrogens with two attached hydrogens (primary N) is 1. The second-order valence-electron chi connectivity index (χ2n) is 6.87. The molecule has 4 rings (SSSR count). The Morgan fingerprint density at radius 3 is 2.83 bits per heavy atom. The maximum atomic E-state index is 13.9. The Labute approximate surface area is 189 Å². The van der Waals surface area contributed by atoms with Crippen molar-refractivity contribution in [2.75, 3.05) is 18.7 Å². The summed E-state index contributed by atoms with van der Waals surface area (Å²) >= 11 is 12.3. The van der Waals surface area contributed by atoms with E-state index in [2.05, 4.69) is 15.4 Å². The maximum absolute atomic E-state index is 13.9. The van der Waals surface area contributed by atoms with E-state index in [0.29, 0.717) is 11.1 Å². The summed E-state index contributed by atoms with van der Waals surface area (Å²) in [6.07, 6.45) is 4.22. The molecule has 6 nitrogen and oxygen atoms in total. The smallest absolute Gasteiger partial charge is 0.166 e. The minimum Gasteiger partial charge on any atom is -0.482 e. The van der Waals surface area contributed by atoms with Crippen LogP contribution in [0, 0.1) is 5.82 Å². The number of nitrogens with one attached hydrogen (secondary N) is 1. The molecule has 1 fully saturated rings. The van der Waals surface area contributed by atoms with Gasteiger partial charge in [0.15, 0.2) is 11.6 Å². The normalized spacial score (nSPS) is 21.2. The van der Waals surface area contributed by atoms with Crippen molar-refractivity contribution in [2.24, 2.45) is 0 Å². The second-order valence-corrected chi connectivity index (χ2v) is 7.66. The summed E-state index contributed by atoms with van der Waals surface area (Å²) in [6.45, 7) is -2.06. The first-order valence-electron chi connectivity index (χ1n) is 11.2. The molecule has 0 spiro atoms. The molecule has 0 radical (unpaired) electrons. The lowest BCUT2D eigenvalue weighted by atomic mass is 10.1. The number of pyridine rings is 1. The molecule has 158 valence electrons. The molecule has 0 aliphatic carbocycles. The van der Waals surface area contributed by atoms with Crippen LogP contribution in [-0.2, 0) is 0 Å². The SMILES string of the molecule is [2H]C1([2H])CC(n2cc(-c3cnc(N)c(OC(C)c4c(Cl)ccc(F)c4Cl)c3)cn2)CC([2H])([2H])N1. The van der Waals surface area contributed by atoms with Crippen LogP contribution in [0.25, 0.3) is 11.1 Å². The Morgan fingerprint density at radius 1 is 1.30 bits per heavy atom. The van der Waals surface area contributed by atoms with E-state index >= 15 is 0 Å². The number of rotatable bonds is 5. The number of hydrogen-bond donors (Lipinski definition) is 2. The molecule has 3 heterocycles. The van der Waals surface area contributed by atoms with Gasteiger partial charge in [-0.3, -0.25) is 4.68 Å². The van der Waals surface area contributed by atoms with E-state index in [1.165, 1.54) is 18.3 Å². The molecular formula is C21H22Cl2FN5O. The van der Waals surface area contributed by atoms with Gasteiger partial charge in [0, 0.05) is 39.6 Å². The van der Waals surface area contributed by atoms with Crippen LogP contribution in [-0.4, -0.2) is 27.8 Å². The summed E-state index contributed by atoms with van der Waals surface area (Å²) in [4.78, 5) is 4.18. The number of nitrogens with zero attached hydrogens (tertiary/aromatic N) is 3. The van der Waals surface area contributed by atoms with Gasteiger partial charge in [0.2, 0.25) is 0 Å². The Hall–Kier alpha value is -2.35. The van der Waals surface area contributed by atoms with Gasteiger partial charge >= 0.3 is 0 Å². The highest BCUT2D eigenvalue weighted by Gasteiger charge is 2.21. The summed E-state index contributed by atoms with van der Waals surface area (Å²) in [5, 5.41) is 6.81. The first-order valence-corrected chi connectivity index (χ1v) is 10.0. The highest BCUT2D eigenvalue weighted by Crippen LogP contribution is 2.37. The summed E-state index contributed by atoms with van der Waals surface area (Å²) in [6, 6.07) is 3.75. The Bertz CT molecular complexity index is 1210. The van der Waals surface area contributed by atoms with E-state index in [9.17, 15) is 4.39 Å². The van der Waals surface area contributed by atoms with Gasteiger partial charge in [-0.2, -0.15) is 5.10 Å². The number of aromatic nitrogens is 3. The van der Waals surface area contributed by atoms with Crippen molar-refractivity contribution in [3.05, 3.63) is 58.2 Å². The first kappa shape index (κ1) is 16.4. The van der Waals surface area contributed by atoms with Crippen molar-refractivity contribution >= 4 is 29.0 Å². The van der Waals surface area contributed by atoms with Crippen LogP contribution in [0.1, 0.15) is 43.0 Å². The van der Waals surface area contributed by atoms with Crippen molar-refractivity contribution in [3.8, 4) is 16.9 Å². The number of piperidine rings is 1. The Balaban J connectivity index is 1.59. The van der Waals surface area contributed by atoms with Gasteiger partial charge in [0.1, 0.15) is 11.9 Å². The lowest BCUT2D eigenvalue weighted by Crippen LogP contribution is -2.29. The molecule has 1 aromatic carbocycles. The zero-order chi connectivity index (χ0) is 24.8. The van der Waals surface area contributed by atoms with Crippen LogP contribution in [0.3, 0.4) is 0 Å². The van der Waals surface area contributed by atoms with E-state index in [-0.39, 0.29) is 40.0 Å². The number of nitrogen functional groups attached to an aromatic ring is 1. The van der Waals surface area contributed by atoms with E-state index in [4.69, 9.17) is 39.2 Å². The van der Waals surface area contributed by atoms with Gasteiger partial charge in [-0.25, -0.2) is 9.37 Å². The van der Waals surface area contributed by atoms with Crippen molar-refractivity contribution in [1.29, 1.82) is 0 Å². The lowest BCUT2D eigenvalue weighted by molar-refractivity contribution is 0.227. The van der Waals surface area contributed by atoms with Crippen molar-refractivity contribution < 1.29 is 14.6 Å². The van der Waals surface area contributed by atoms with Crippen LogP contribution in [0.5, 0.6) is 5.75 Å². The third-order valence-electron chi connectivity index (χ3n) is 4.83. The van der Waals surface area contributed by atoms with E-state index in [1.54, 1.807) is 30.1 Å². The molecular weight excluding hydrogens is 428 g/mol. The number of halogens is 3.